The molecule has 1 aliphatic carbocycles. The predicted octanol–water partition coefficient (Wildman–Crippen LogP) is 2.20. The molecule has 1 amide bonds. The molecule has 0 atom stereocenters. The smallest absolute Gasteiger partial charge is 0.256 e. The summed E-state index contributed by atoms with van der Waals surface area (Å²) in [5, 5.41) is 1.19. The first-order chi connectivity index (χ1) is 10.2. The Morgan fingerprint density at radius 3 is 2.71 bits per heavy atom. The second-order valence-corrected chi connectivity index (χ2v) is 5.23. The van der Waals surface area contributed by atoms with Crippen LogP contribution in [0.4, 0.5) is 0 Å². The van der Waals surface area contributed by atoms with Gasteiger partial charge in [-0.15, -0.1) is 0 Å². The Morgan fingerprint density at radius 2 is 1.90 bits per heavy atom. The van der Waals surface area contributed by atoms with Crippen LogP contribution in [0.5, 0.6) is 0 Å². The van der Waals surface area contributed by atoms with Crippen molar-refractivity contribution < 1.29 is 4.79 Å². The zero-order valence-electron chi connectivity index (χ0n) is 11.1. The number of nitrogens with two attached hydrogens (primary N) is 1. The van der Waals surface area contributed by atoms with Crippen molar-refractivity contribution in [2.45, 2.75) is 6.42 Å². The van der Waals surface area contributed by atoms with Gasteiger partial charge in [0.15, 0.2) is 0 Å². The molecule has 0 unspecified atom stereocenters. The normalized spacial score (nSPS) is 12.2. The maximum absolute atomic E-state index is 12.3. The van der Waals surface area contributed by atoms with E-state index >= 15 is 0 Å². The van der Waals surface area contributed by atoms with Crippen LogP contribution in [-0.4, -0.2) is 10.9 Å². The van der Waals surface area contributed by atoms with Gasteiger partial charge in [-0.05, 0) is 23.3 Å². The first-order valence-corrected chi connectivity index (χ1v) is 6.73. The summed E-state index contributed by atoms with van der Waals surface area (Å²) in [5.41, 5.74) is 9.63. The van der Waals surface area contributed by atoms with E-state index in [-0.39, 0.29) is 5.56 Å². The maximum atomic E-state index is 12.3. The van der Waals surface area contributed by atoms with Crippen molar-refractivity contribution >= 4 is 16.7 Å². The van der Waals surface area contributed by atoms with Crippen molar-refractivity contribution in [1.29, 1.82) is 0 Å². The van der Waals surface area contributed by atoms with Gasteiger partial charge in [0, 0.05) is 28.3 Å². The number of nitrogens with one attached hydrogen (secondary N) is 1. The Hall–Kier alpha value is -2.88. The summed E-state index contributed by atoms with van der Waals surface area (Å²) < 4.78 is 0. The van der Waals surface area contributed by atoms with Gasteiger partial charge < -0.3 is 10.7 Å². The molecule has 4 rings (SSSR count). The quantitative estimate of drug-likeness (QED) is 0.559. The van der Waals surface area contributed by atoms with E-state index < -0.39 is 5.91 Å². The number of carbonyl (C=O) groups excluding carboxylic acids is 1. The molecule has 0 spiro atoms. The minimum Gasteiger partial charge on any atom is -0.366 e. The molecular formula is C17H12N2O2. The van der Waals surface area contributed by atoms with Crippen LogP contribution >= 0.6 is 0 Å². The highest BCUT2D eigenvalue weighted by atomic mass is 16.1. The van der Waals surface area contributed by atoms with E-state index in [0.717, 1.165) is 22.4 Å². The summed E-state index contributed by atoms with van der Waals surface area (Å²) in [6, 6.07) is 13.0. The molecule has 3 aromatic rings. The highest BCUT2D eigenvalue weighted by Gasteiger charge is 2.24. The SMILES string of the molecule is NC(=O)c1cccc2c(=O)[nH]c3c(c12)Cc1ccccc1-3. The van der Waals surface area contributed by atoms with Gasteiger partial charge in [-0.3, -0.25) is 9.59 Å². The zero-order chi connectivity index (χ0) is 14.6. The number of hydrogen-bond acceptors (Lipinski definition) is 2. The summed E-state index contributed by atoms with van der Waals surface area (Å²) in [6.07, 6.45) is 0.697. The highest BCUT2D eigenvalue weighted by Crippen LogP contribution is 2.38. The Balaban J connectivity index is 2.19. The fourth-order valence-corrected chi connectivity index (χ4v) is 3.17. The Labute approximate surface area is 120 Å². The van der Waals surface area contributed by atoms with Gasteiger partial charge in [-0.1, -0.05) is 30.3 Å². The summed E-state index contributed by atoms with van der Waals surface area (Å²) >= 11 is 0. The standard InChI is InChI=1S/C17H12N2O2/c18-16(20)11-6-3-7-12-14(11)13-8-9-4-1-2-5-10(9)15(13)19-17(12)21/h1-7H,8H2,(H2,18,20)(H,19,21). The third kappa shape index (κ3) is 1.56. The van der Waals surface area contributed by atoms with Crippen molar-refractivity contribution in [3.05, 3.63) is 69.5 Å². The number of benzene rings is 2. The summed E-state index contributed by atoms with van der Waals surface area (Å²) in [5.74, 6) is -0.510. The second-order valence-electron chi connectivity index (χ2n) is 5.23. The van der Waals surface area contributed by atoms with Crippen LogP contribution in [0.2, 0.25) is 0 Å². The largest absolute Gasteiger partial charge is 0.366 e. The summed E-state index contributed by atoms with van der Waals surface area (Å²) in [4.78, 5) is 27.0. The number of carbonyl (C=O) groups is 1. The lowest BCUT2D eigenvalue weighted by atomic mass is 9.98. The van der Waals surface area contributed by atoms with Gasteiger partial charge in [-0.2, -0.15) is 0 Å². The summed E-state index contributed by atoms with van der Waals surface area (Å²) in [6.45, 7) is 0. The highest BCUT2D eigenvalue weighted by molar-refractivity contribution is 6.09. The molecule has 3 N–H and O–H groups in total. The molecule has 0 bridgehead atoms. The number of primary amides is 1. The van der Waals surface area contributed by atoms with E-state index in [1.54, 1.807) is 18.2 Å². The minimum atomic E-state index is -0.510. The average molecular weight is 276 g/mol. The topological polar surface area (TPSA) is 76.0 Å². The van der Waals surface area contributed by atoms with Crippen molar-refractivity contribution in [1.82, 2.24) is 4.98 Å². The minimum absolute atomic E-state index is 0.191. The van der Waals surface area contributed by atoms with E-state index in [2.05, 4.69) is 4.98 Å². The number of rotatable bonds is 1. The molecule has 21 heavy (non-hydrogen) atoms. The van der Waals surface area contributed by atoms with Crippen LogP contribution in [-0.2, 0) is 6.42 Å². The lowest BCUT2D eigenvalue weighted by Gasteiger charge is -2.08. The maximum Gasteiger partial charge on any atom is 0.256 e. The monoisotopic (exact) mass is 276 g/mol. The fourth-order valence-electron chi connectivity index (χ4n) is 3.17. The number of H-pyrrole nitrogens is 1. The molecule has 1 aromatic heterocycles. The van der Waals surface area contributed by atoms with Crippen LogP contribution < -0.4 is 11.3 Å². The molecule has 1 aliphatic rings. The molecule has 0 radical (unpaired) electrons. The van der Waals surface area contributed by atoms with Crippen LogP contribution in [0, 0.1) is 0 Å². The lowest BCUT2D eigenvalue weighted by molar-refractivity contribution is 0.100. The van der Waals surface area contributed by atoms with Crippen molar-refractivity contribution in [2.24, 2.45) is 5.73 Å². The lowest BCUT2D eigenvalue weighted by Crippen LogP contribution is -2.15. The number of hydrogen-bond donors (Lipinski definition) is 2. The summed E-state index contributed by atoms with van der Waals surface area (Å²) in [7, 11) is 0. The average Bonchev–Trinajstić information content (AvgIpc) is 2.85. The van der Waals surface area contributed by atoms with Crippen molar-refractivity contribution in [3.8, 4) is 11.3 Å². The Bertz CT molecular complexity index is 970. The molecule has 4 nitrogen and oxygen atoms in total. The van der Waals surface area contributed by atoms with Gasteiger partial charge in [-0.25, -0.2) is 0 Å². The van der Waals surface area contributed by atoms with Crippen LogP contribution in [0.15, 0.2) is 47.3 Å². The number of amides is 1. The first kappa shape index (κ1) is 11.9. The van der Waals surface area contributed by atoms with E-state index in [4.69, 9.17) is 5.73 Å². The third-order valence-corrected chi connectivity index (χ3v) is 4.07. The molecule has 1 heterocycles. The Kier molecular flexibility index (Phi) is 2.30. The molecule has 0 fully saturated rings. The zero-order valence-corrected chi connectivity index (χ0v) is 11.1. The van der Waals surface area contributed by atoms with Gasteiger partial charge >= 0.3 is 0 Å². The number of aromatic nitrogens is 1. The third-order valence-electron chi connectivity index (χ3n) is 4.07. The number of pyridine rings is 1. The number of fused-ring (bicyclic) bond motifs is 5. The molecule has 0 saturated heterocycles. The van der Waals surface area contributed by atoms with Crippen LogP contribution in [0.25, 0.3) is 22.0 Å². The van der Waals surface area contributed by atoms with Crippen molar-refractivity contribution in [3.63, 3.8) is 0 Å². The number of aromatic amines is 1. The van der Waals surface area contributed by atoms with E-state index in [1.165, 1.54) is 0 Å². The molecule has 4 heteroatoms. The second kappa shape index (κ2) is 4.06. The van der Waals surface area contributed by atoms with Crippen LogP contribution in [0.1, 0.15) is 21.5 Å². The van der Waals surface area contributed by atoms with Gasteiger partial charge in [0.25, 0.3) is 5.56 Å². The predicted molar refractivity (Wildman–Crippen MR) is 81.3 cm³/mol. The molecule has 0 aliphatic heterocycles. The van der Waals surface area contributed by atoms with Crippen LogP contribution in [0.3, 0.4) is 0 Å². The van der Waals surface area contributed by atoms with Crippen molar-refractivity contribution in [2.75, 3.05) is 0 Å². The van der Waals surface area contributed by atoms with E-state index in [9.17, 15) is 9.59 Å². The van der Waals surface area contributed by atoms with E-state index in [0.29, 0.717) is 22.8 Å². The Morgan fingerprint density at radius 1 is 1.10 bits per heavy atom. The molecular weight excluding hydrogens is 264 g/mol. The van der Waals surface area contributed by atoms with E-state index in [1.807, 2.05) is 24.3 Å². The fraction of sp³-hybridized carbons (Fsp3) is 0.0588. The van der Waals surface area contributed by atoms with Gasteiger partial charge in [0.2, 0.25) is 5.91 Å². The van der Waals surface area contributed by atoms with Gasteiger partial charge in [0.05, 0.1) is 5.69 Å². The first-order valence-electron chi connectivity index (χ1n) is 6.73. The molecule has 0 saturated carbocycles. The van der Waals surface area contributed by atoms with Gasteiger partial charge in [0.1, 0.15) is 0 Å². The molecule has 102 valence electrons. The molecule has 2 aromatic carbocycles.